The fourth-order valence-electron chi connectivity index (χ4n) is 4.91. The summed E-state index contributed by atoms with van der Waals surface area (Å²) in [7, 11) is 0. The Morgan fingerprint density at radius 1 is 0.853 bits per heavy atom. The largest absolute Gasteiger partial charge is 0.454 e. The maximum Gasteiger partial charge on any atom is 0.251 e. The van der Waals surface area contributed by atoms with Gasteiger partial charge in [0.1, 0.15) is 0 Å². The Hall–Kier alpha value is -3.99. The number of ether oxygens (including phenoxy) is 2. The first-order valence-corrected chi connectivity index (χ1v) is 11.8. The van der Waals surface area contributed by atoms with Gasteiger partial charge in [0, 0.05) is 23.5 Å². The number of fused-ring (bicyclic) bond motifs is 2. The Labute approximate surface area is 199 Å². The number of nitrogens with one attached hydrogen (secondary N) is 1. The summed E-state index contributed by atoms with van der Waals surface area (Å²) in [6.45, 7) is 0.675. The topological polar surface area (TPSA) is 52.5 Å². The van der Waals surface area contributed by atoms with E-state index in [4.69, 9.17) is 9.47 Å². The molecule has 4 aromatic rings. The Morgan fingerprint density at radius 2 is 1.65 bits per heavy atom. The maximum absolute atomic E-state index is 12.8. The lowest BCUT2D eigenvalue weighted by Gasteiger charge is -2.18. The lowest BCUT2D eigenvalue weighted by molar-refractivity contribution is 0.0951. The van der Waals surface area contributed by atoms with Gasteiger partial charge in [-0.2, -0.15) is 0 Å². The molecule has 34 heavy (non-hydrogen) atoms. The van der Waals surface area contributed by atoms with E-state index in [2.05, 4.69) is 52.3 Å². The van der Waals surface area contributed by atoms with Crippen LogP contribution in [-0.4, -0.2) is 17.3 Å². The molecular weight excluding hydrogens is 424 g/mol. The summed E-state index contributed by atoms with van der Waals surface area (Å²) in [6.07, 6.45) is 4.67. The molecule has 1 N–H and O–H groups in total. The molecule has 0 saturated heterocycles. The highest BCUT2D eigenvalue weighted by Gasteiger charge is 2.20. The van der Waals surface area contributed by atoms with Crippen LogP contribution in [0.1, 0.15) is 40.0 Å². The number of carbonyl (C=O) groups is 1. The summed E-state index contributed by atoms with van der Waals surface area (Å²) in [5.41, 5.74) is 7.97. The van der Waals surface area contributed by atoms with E-state index in [1.165, 1.54) is 35.4 Å². The number of benzene rings is 3. The van der Waals surface area contributed by atoms with Crippen molar-refractivity contribution in [1.29, 1.82) is 0 Å². The molecule has 0 radical (unpaired) electrons. The smallest absolute Gasteiger partial charge is 0.251 e. The molecule has 0 unspecified atom stereocenters. The average Bonchev–Trinajstić information content (AvgIpc) is 3.52. The second-order valence-corrected chi connectivity index (χ2v) is 8.83. The third-order valence-electron chi connectivity index (χ3n) is 6.65. The molecule has 1 aromatic heterocycles. The van der Waals surface area contributed by atoms with Crippen LogP contribution >= 0.6 is 0 Å². The van der Waals surface area contributed by atoms with Crippen LogP contribution in [0.4, 0.5) is 0 Å². The van der Waals surface area contributed by atoms with E-state index in [0.29, 0.717) is 12.1 Å². The van der Waals surface area contributed by atoms with E-state index in [1.807, 2.05) is 36.4 Å². The lowest BCUT2D eigenvalue weighted by atomic mass is 9.98. The Balaban J connectivity index is 1.24. The molecule has 0 saturated carbocycles. The Bertz CT molecular complexity index is 1340. The van der Waals surface area contributed by atoms with Gasteiger partial charge in [0.2, 0.25) is 6.79 Å². The third-order valence-corrected chi connectivity index (χ3v) is 6.65. The van der Waals surface area contributed by atoms with Gasteiger partial charge in [-0.05, 0) is 84.8 Å². The van der Waals surface area contributed by atoms with E-state index in [1.54, 1.807) is 0 Å². The maximum atomic E-state index is 12.8. The second-order valence-electron chi connectivity index (χ2n) is 8.83. The number of aryl methyl sites for hydroxylation is 1. The van der Waals surface area contributed by atoms with E-state index in [9.17, 15) is 4.79 Å². The fourth-order valence-corrected chi connectivity index (χ4v) is 4.91. The van der Waals surface area contributed by atoms with Crippen molar-refractivity contribution in [1.82, 2.24) is 9.88 Å². The van der Waals surface area contributed by atoms with Gasteiger partial charge in [-0.25, -0.2) is 0 Å². The predicted octanol–water partition coefficient (Wildman–Crippen LogP) is 5.68. The van der Waals surface area contributed by atoms with E-state index >= 15 is 0 Å². The van der Waals surface area contributed by atoms with E-state index in [0.717, 1.165) is 35.6 Å². The van der Waals surface area contributed by atoms with E-state index in [-0.39, 0.29) is 12.7 Å². The van der Waals surface area contributed by atoms with Crippen molar-refractivity contribution in [2.75, 3.05) is 6.79 Å². The van der Waals surface area contributed by atoms with Crippen molar-refractivity contribution in [2.24, 2.45) is 0 Å². The van der Waals surface area contributed by atoms with Crippen molar-refractivity contribution >= 4 is 5.91 Å². The first-order valence-electron chi connectivity index (χ1n) is 11.8. The van der Waals surface area contributed by atoms with Crippen LogP contribution in [0.25, 0.3) is 16.9 Å². The summed E-state index contributed by atoms with van der Waals surface area (Å²) in [6, 6.07) is 26.5. The van der Waals surface area contributed by atoms with Crippen molar-refractivity contribution < 1.29 is 14.3 Å². The number of carbonyl (C=O) groups excluding carboxylic acids is 1. The summed E-state index contributed by atoms with van der Waals surface area (Å²) in [5.74, 6) is 1.37. The zero-order valence-corrected chi connectivity index (χ0v) is 18.9. The first-order chi connectivity index (χ1) is 16.8. The van der Waals surface area contributed by atoms with Gasteiger partial charge in [-0.15, -0.1) is 0 Å². The van der Waals surface area contributed by atoms with Crippen LogP contribution in [0, 0.1) is 0 Å². The number of aromatic nitrogens is 1. The molecule has 5 heteroatoms. The first kappa shape index (κ1) is 20.6. The van der Waals surface area contributed by atoms with Gasteiger partial charge in [-0.1, -0.05) is 36.4 Å². The van der Waals surface area contributed by atoms with Gasteiger partial charge >= 0.3 is 0 Å². The number of amides is 1. The summed E-state index contributed by atoms with van der Waals surface area (Å²) < 4.78 is 13.1. The highest BCUT2D eigenvalue weighted by Crippen LogP contribution is 2.34. The molecule has 0 fully saturated rings. The molecule has 6 rings (SSSR count). The fraction of sp³-hybridized carbons (Fsp3) is 0.207. The molecule has 0 atom stereocenters. The normalized spacial score (nSPS) is 14.0. The van der Waals surface area contributed by atoms with Crippen molar-refractivity contribution in [2.45, 2.75) is 32.2 Å². The number of rotatable bonds is 5. The SMILES string of the molecule is O=C(NCc1ccc2c(c1)OCO2)c1ccc(-n2c(-c3ccccc3)cc3c2CCCC3)cc1. The molecule has 1 amide bonds. The standard InChI is InChI=1S/C29H26N2O3/c32-29(30-18-20-10-15-27-28(16-20)34-19-33-27)22-11-13-24(14-12-22)31-25-9-5-4-8-23(25)17-26(31)21-6-2-1-3-7-21/h1-3,6-7,10-17H,4-5,8-9,18-19H2,(H,30,32). The summed E-state index contributed by atoms with van der Waals surface area (Å²) in [4.78, 5) is 12.8. The molecule has 3 aromatic carbocycles. The van der Waals surface area contributed by atoms with Gasteiger partial charge < -0.3 is 19.4 Å². The molecule has 0 bridgehead atoms. The average molecular weight is 451 g/mol. The quantitative estimate of drug-likeness (QED) is 0.426. The molecule has 170 valence electrons. The van der Waals surface area contributed by atoms with Gasteiger partial charge in [0.05, 0.1) is 5.69 Å². The van der Waals surface area contributed by atoms with Crippen LogP contribution in [0.5, 0.6) is 11.5 Å². The molecule has 5 nitrogen and oxygen atoms in total. The zero-order valence-electron chi connectivity index (χ0n) is 18.9. The van der Waals surface area contributed by atoms with Gasteiger partial charge in [-0.3, -0.25) is 4.79 Å². The van der Waals surface area contributed by atoms with Crippen LogP contribution < -0.4 is 14.8 Å². The van der Waals surface area contributed by atoms with Gasteiger partial charge in [0.15, 0.2) is 11.5 Å². The summed E-state index contributed by atoms with van der Waals surface area (Å²) >= 11 is 0. The third kappa shape index (κ3) is 3.83. The number of hydrogen-bond acceptors (Lipinski definition) is 3. The van der Waals surface area contributed by atoms with Crippen molar-refractivity contribution in [3.63, 3.8) is 0 Å². The van der Waals surface area contributed by atoms with Crippen LogP contribution in [0.15, 0.2) is 78.9 Å². The molecular formula is C29H26N2O3. The molecule has 1 aliphatic heterocycles. The lowest BCUT2D eigenvalue weighted by Crippen LogP contribution is -2.22. The van der Waals surface area contributed by atoms with Crippen molar-refractivity contribution in [3.05, 3.63) is 101 Å². The monoisotopic (exact) mass is 450 g/mol. The van der Waals surface area contributed by atoms with Crippen LogP contribution in [-0.2, 0) is 19.4 Å². The van der Waals surface area contributed by atoms with E-state index < -0.39 is 0 Å². The minimum Gasteiger partial charge on any atom is -0.454 e. The number of nitrogens with zero attached hydrogens (tertiary/aromatic N) is 1. The zero-order chi connectivity index (χ0) is 22.9. The Morgan fingerprint density at radius 3 is 2.50 bits per heavy atom. The second kappa shape index (κ2) is 8.75. The highest BCUT2D eigenvalue weighted by atomic mass is 16.7. The molecule has 1 aliphatic carbocycles. The van der Waals surface area contributed by atoms with Gasteiger partial charge in [0.25, 0.3) is 5.91 Å². The minimum absolute atomic E-state index is 0.0953. The number of hydrogen-bond donors (Lipinski definition) is 1. The van der Waals surface area contributed by atoms with Crippen molar-refractivity contribution in [3.8, 4) is 28.4 Å². The van der Waals surface area contributed by atoms with Crippen LogP contribution in [0.2, 0.25) is 0 Å². The summed E-state index contributed by atoms with van der Waals surface area (Å²) in [5, 5.41) is 3.01. The molecule has 0 spiro atoms. The van der Waals surface area contributed by atoms with Crippen LogP contribution in [0.3, 0.4) is 0 Å². The molecule has 2 heterocycles. The predicted molar refractivity (Wildman–Crippen MR) is 132 cm³/mol. The highest BCUT2D eigenvalue weighted by molar-refractivity contribution is 5.94. The Kier molecular flexibility index (Phi) is 5.30. The molecule has 2 aliphatic rings. The minimum atomic E-state index is -0.0953.